The zero-order valence-electron chi connectivity index (χ0n) is 47.8. The smallest absolute Gasteiger partial charge is 0.229 e. The van der Waals surface area contributed by atoms with E-state index in [1.807, 2.05) is 82.9 Å². The van der Waals surface area contributed by atoms with Crippen LogP contribution in [0.25, 0.3) is 33.5 Å². The van der Waals surface area contributed by atoms with E-state index in [-0.39, 0.29) is 37.0 Å². The van der Waals surface area contributed by atoms with Crippen LogP contribution in [0, 0.1) is 12.8 Å². The second-order valence-electron chi connectivity index (χ2n) is 23.3. The van der Waals surface area contributed by atoms with Gasteiger partial charge in [-0.2, -0.15) is 0 Å². The summed E-state index contributed by atoms with van der Waals surface area (Å²) in [5.41, 5.74) is 4.67. The maximum atomic E-state index is 12.8. The van der Waals surface area contributed by atoms with Gasteiger partial charge in [0, 0.05) is 42.6 Å². The largest absolute Gasteiger partial charge is 0.385 e. The molecule has 19 nitrogen and oxygen atoms in total. The van der Waals surface area contributed by atoms with E-state index < -0.39 is 16.8 Å². The topological polar surface area (TPSA) is 253 Å². The Labute approximate surface area is 487 Å². The van der Waals surface area contributed by atoms with Gasteiger partial charge in [-0.15, -0.1) is 0 Å². The molecule has 6 N–H and O–H groups in total. The van der Waals surface area contributed by atoms with Crippen LogP contribution in [0.15, 0.2) is 122 Å². The Morgan fingerprint density at radius 1 is 0.578 bits per heavy atom. The molecule has 0 aliphatic heterocycles. The normalized spacial score (nSPS) is 16.5. The zero-order chi connectivity index (χ0) is 58.6. The number of halogens is 1. The van der Waals surface area contributed by atoms with Crippen LogP contribution in [0.3, 0.4) is 0 Å². The summed E-state index contributed by atoms with van der Waals surface area (Å²) in [6.07, 6.45) is 12.2. The van der Waals surface area contributed by atoms with Crippen LogP contribution in [0.5, 0.6) is 0 Å². The lowest BCUT2D eigenvalue weighted by Crippen LogP contribution is -2.30. The number of anilines is 3. The Morgan fingerprint density at radius 2 is 1.08 bits per heavy atom. The minimum Gasteiger partial charge on any atom is -0.385 e. The molecule has 0 radical (unpaired) electrons. The van der Waals surface area contributed by atoms with Gasteiger partial charge in [-0.3, -0.25) is 49.0 Å². The Hall–Kier alpha value is -7.97. The molecule has 3 atom stereocenters. The summed E-state index contributed by atoms with van der Waals surface area (Å²) in [6, 6.07) is 33.8. The molecule has 20 heteroatoms. The number of aryl methyl sites for hydroxylation is 1. The fourth-order valence-corrected chi connectivity index (χ4v) is 10.6. The molecule has 432 valence electrons. The highest BCUT2D eigenvalue weighted by atomic mass is 35.5. The summed E-state index contributed by atoms with van der Waals surface area (Å²) in [6.45, 7) is 11.6. The Kier molecular flexibility index (Phi) is 17.2. The van der Waals surface area contributed by atoms with Crippen molar-refractivity contribution in [2.24, 2.45) is 5.92 Å². The fourth-order valence-electron chi connectivity index (χ4n) is 10.5. The molecule has 0 unspecified atom stereocenters. The number of nitrogens with zero attached hydrogens (tertiary/aromatic N) is 10. The number of imidazole rings is 3. The van der Waals surface area contributed by atoms with E-state index in [1.165, 1.54) is 19.3 Å². The number of hydrogen-bond acceptors (Lipinski definition) is 13. The van der Waals surface area contributed by atoms with Crippen molar-refractivity contribution >= 4 is 80.7 Å². The van der Waals surface area contributed by atoms with Gasteiger partial charge in [0.15, 0.2) is 16.9 Å². The highest BCUT2D eigenvalue weighted by Gasteiger charge is 2.34. The first-order chi connectivity index (χ1) is 39.7. The van der Waals surface area contributed by atoms with Gasteiger partial charge < -0.3 is 15.3 Å². The van der Waals surface area contributed by atoms with Gasteiger partial charge in [0.1, 0.15) is 27.3 Å². The maximum absolute atomic E-state index is 12.8. The van der Waals surface area contributed by atoms with E-state index in [4.69, 9.17) is 16.6 Å². The van der Waals surface area contributed by atoms with Gasteiger partial charge in [-0.25, -0.2) is 29.9 Å². The summed E-state index contributed by atoms with van der Waals surface area (Å²) in [5.74, 6) is 1.45. The third-order valence-electron chi connectivity index (χ3n) is 15.5. The van der Waals surface area contributed by atoms with E-state index >= 15 is 0 Å². The number of nitrogens with one attached hydrogen (secondary N) is 3. The van der Waals surface area contributed by atoms with Crippen molar-refractivity contribution in [2.45, 2.75) is 154 Å². The van der Waals surface area contributed by atoms with Crippen LogP contribution in [0.2, 0.25) is 5.15 Å². The van der Waals surface area contributed by atoms with Crippen molar-refractivity contribution in [1.29, 1.82) is 0 Å². The Bertz CT molecular complexity index is 3760. The van der Waals surface area contributed by atoms with E-state index in [2.05, 4.69) is 70.3 Å². The van der Waals surface area contributed by atoms with Crippen LogP contribution in [-0.2, 0) is 37.7 Å². The Morgan fingerprint density at radius 3 is 1.61 bits per heavy atom. The number of carbonyl (C=O) groups excluding carboxylic acids is 3. The lowest BCUT2D eigenvalue weighted by molar-refractivity contribution is -0.122. The third kappa shape index (κ3) is 13.8. The molecule has 7 aromatic heterocycles. The third-order valence-corrected chi connectivity index (χ3v) is 15.7. The molecule has 3 amide bonds. The van der Waals surface area contributed by atoms with Crippen molar-refractivity contribution < 1.29 is 29.7 Å². The molecule has 3 fully saturated rings. The van der Waals surface area contributed by atoms with Crippen molar-refractivity contribution in [3.63, 3.8) is 0 Å². The van der Waals surface area contributed by atoms with E-state index in [9.17, 15) is 29.7 Å². The number of benzene rings is 2. The summed E-state index contributed by atoms with van der Waals surface area (Å²) in [5, 5.41) is 41.2. The van der Waals surface area contributed by atoms with E-state index in [0.29, 0.717) is 75.9 Å². The molecule has 3 aliphatic rings. The number of rotatable bonds is 17. The van der Waals surface area contributed by atoms with Crippen LogP contribution in [0.1, 0.15) is 151 Å². The standard InChI is InChI=1S/C23H26N4O2.C20H23ClN4O2.C20H23N5O2/c1-23(29,16-6-3-2-4-7-16)14-20(28)26-22-25-19-13-12-18(15-10-11-15)24-21(19)27(22)17-8-5-9-17;1-13(2)12-25-18-15(9-10-16(21)23-18)22-19(25)24-17(26)11-20(3,27)14-7-5-4-6-8-14;1-13-10-15-18(22-12-13)25(14-6-5-7-14)19(23-15)24-17(26)11-20(2,27)16-8-3-4-9-21-16/h2-4,6-7,12-13,15,17,29H,5,8-11,14H2,1H3,(H,25,26,28);4-10,13,27H,11-12H2,1-3H3,(H,22,24,26);3-4,8-10,12,14,27H,5-7,11H2,1-2H3,(H,23,24,26)/t23-;2*20-/m111/s1. The average molecular weight is 1140 g/mol. The first-order valence-corrected chi connectivity index (χ1v) is 28.9. The highest BCUT2D eigenvalue weighted by molar-refractivity contribution is 6.29. The molecule has 83 heavy (non-hydrogen) atoms. The van der Waals surface area contributed by atoms with Gasteiger partial charge in [0.05, 0.1) is 36.2 Å². The van der Waals surface area contributed by atoms with E-state index in [1.54, 1.807) is 69.4 Å². The number of pyridine rings is 4. The molecular formula is C63H72ClN13O6. The molecule has 9 aromatic rings. The zero-order valence-corrected chi connectivity index (χ0v) is 48.5. The molecule has 7 heterocycles. The van der Waals surface area contributed by atoms with Crippen molar-refractivity contribution in [3.8, 4) is 0 Å². The van der Waals surface area contributed by atoms with Crippen LogP contribution < -0.4 is 16.0 Å². The predicted molar refractivity (Wildman–Crippen MR) is 320 cm³/mol. The highest BCUT2D eigenvalue weighted by Crippen LogP contribution is 2.42. The lowest BCUT2D eigenvalue weighted by Gasteiger charge is -2.29. The van der Waals surface area contributed by atoms with E-state index in [0.717, 1.165) is 71.3 Å². The molecule has 3 saturated carbocycles. The second kappa shape index (κ2) is 24.5. The molecule has 0 bridgehead atoms. The number of fused-ring (bicyclic) bond motifs is 3. The van der Waals surface area contributed by atoms with Crippen molar-refractivity contribution in [1.82, 2.24) is 48.6 Å². The summed E-state index contributed by atoms with van der Waals surface area (Å²) in [7, 11) is 0. The summed E-state index contributed by atoms with van der Waals surface area (Å²) < 4.78 is 5.96. The summed E-state index contributed by atoms with van der Waals surface area (Å²) >= 11 is 6.02. The number of hydrogen-bond donors (Lipinski definition) is 6. The molecule has 2 aromatic carbocycles. The van der Waals surface area contributed by atoms with Crippen LogP contribution in [-0.4, -0.2) is 81.6 Å². The maximum Gasteiger partial charge on any atom is 0.229 e. The first kappa shape index (κ1) is 58.2. The number of carbonyl (C=O) groups is 3. The van der Waals surface area contributed by atoms with Crippen LogP contribution >= 0.6 is 11.6 Å². The van der Waals surface area contributed by atoms with Crippen LogP contribution in [0.4, 0.5) is 17.8 Å². The lowest BCUT2D eigenvalue weighted by atomic mass is 9.92. The van der Waals surface area contributed by atoms with Gasteiger partial charge >= 0.3 is 0 Å². The predicted octanol–water partition coefficient (Wildman–Crippen LogP) is 11.3. The van der Waals surface area contributed by atoms with Gasteiger partial charge in [-0.1, -0.05) is 92.2 Å². The second-order valence-corrected chi connectivity index (χ2v) is 23.7. The molecule has 12 rings (SSSR count). The minimum atomic E-state index is -1.35. The monoisotopic (exact) mass is 1140 g/mol. The average Bonchev–Trinajstić information content (AvgIpc) is 3.67. The molecule has 0 spiro atoms. The SMILES string of the molecule is CC(C)Cn1c(NC(=O)C[C@@](C)(O)c2ccccc2)nc2ccc(Cl)nc21.C[C@@](O)(CC(=O)Nc1nc2ccc(C3CC3)nc2n1C1CCC1)c1ccccc1.Cc1cnc2c(c1)nc(NC(=O)C[C@@](C)(O)c1ccccn1)n2C1CCC1. The number of aliphatic hydroxyl groups is 3. The molecular weight excluding hydrogens is 1070 g/mol. The van der Waals surface area contributed by atoms with Gasteiger partial charge in [0.2, 0.25) is 35.6 Å². The first-order valence-electron chi connectivity index (χ1n) is 28.6. The molecule has 0 saturated heterocycles. The summed E-state index contributed by atoms with van der Waals surface area (Å²) in [4.78, 5) is 69.7. The minimum absolute atomic E-state index is 0.0361. The molecule has 3 aliphatic carbocycles. The Balaban J connectivity index is 0.000000139. The van der Waals surface area contributed by atoms with Gasteiger partial charge in [0.25, 0.3) is 0 Å². The van der Waals surface area contributed by atoms with Crippen molar-refractivity contribution in [2.75, 3.05) is 16.0 Å². The number of amides is 3. The van der Waals surface area contributed by atoms with Crippen molar-refractivity contribution in [3.05, 3.63) is 155 Å². The van der Waals surface area contributed by atoms with Gasteiger partial charge in [-0.05, 0) is 144 Å². The number of aromatic nitrogens is 10. The fraction of sp³-hybridized carbons (Fsp3) is 0.397. The quantitative estimate of drug-likeness (QED) is 0.0465.